The summed E-state index contributed by atoms with van der Waals surface area (Å²) in [6.45, 7) is 12.1. The van der Waals surface area contributed by atoms with E-state index in [1.807, 2.05) is 45.9 Å². The van der Waals surface area contributed by atoms with Crippen LogP contribution in [0.25, 0.3) is 0 Å². The van der Waals surface area contributed by atoms with Gasteiger partial charge in [0.25, 0.3) is 0 Å². The highest BCUT2D eigenvalue weighted by Gasteiger charge is 2.19. The van der Waals surface area contributed by atoms with Gasteiger partial charge in [-0.2, -0.15) is 0 Å². The summed E-state index contributed by atoms with van der Waals surface area (Å²) < 4.78 is 48.4. The van der Waals surface area contributed by atoms with Gasteiger partial charge in [-0.25, -0.2) is 13.2 Å². The van der Waals surface area contributed by atoms with Crippen LogP contribution in [0.3, 0.4) is 0 Å². The van der Waals surface area contributed by atoms with Gasteiger partial charge in [0.15, 0.2) is 11.6 Å². The minimum atomic E-state index is -0.594. The molecule has 0 aliphatic carbocycles. The highest BCUT2D eigenvalue weighted by atomic mass is 31.1. The number of halogens is 3. The molecule has 0 saturated heterocycles. The lowest BCUT2D eigenvalue weighted by Crippen LogP contribution is -2.15. The number of ether oxygens (including phenoxy) is 1. The van der Waals surface area contributed by atoms with E-state index in [9.17, 15) is 13.2 Å². The van der Waals surface area contributed by atoms with E-state index in [1.54, 1.807) is 6.07 Å². The van der Waals surface area contributed by atoms with Gasteiger partial charge in [-0.3, -0.25) is 0 Å². The van der Waals surface area contributed by atoms with Crippen molar-refractivity contribution in [1.82, 2.24) is 5.32 Å². The molecule has 3 aromatic carbocycles. The molecule has 222 valence electrons. The van der Waals surface area contributed by atoms with Crippen LogP contribution >= 0.6 is 8.58 Å². The Hall–Kier alpha value is -2.44. The molecule has 3 aromatic rings. The van der Waals surface area contributed by atoms with Crippen LogP contribution in [-0.2, 0) is 6.54 Å². The highest BCUT2D eigenvalue weighted by Crippen LogP contribution is 2.32. The summed E-state index contributed by atoms with van der Waals surface area (Å²) in [7, 11) is 0.960. The lowest BCUT2D eigenvalue weighted by atomic mass is 9.86. The summed E-state index contributed by atoms with van der Waals surface area (Å²) in [6, 6.07) is 14.8. The Morgan fingerprint density at radius 3 is 2.26 bits per heavy atom. The van der Waals surface area contributed by atoms with Crippen LogP contribution in [0.15, 0.2) is 54.6 Å². The Kier molecular flexibility index (Phi) is 18.4. The van der Waals surface area contributed by atoms with Crippen molar-refractivity contribution >= 4 is 8.58 Å². The first-order valence-electron chi connectivity index (χ1n) is 13.2. The van der Waals surface area contributed by atoms with Crippen LogP contribution in [0.4, 0.5) is 13.2 Å². The van der Waals surface area contributed by atoms with Crippen LogP contribution in [0.1, 0.15) is 69.7 Å². The summed E-state index contributed by atoms with van der Waals surface area (Å²) in [6.07, 6.45) is 3.53. The fourth-order valence-electron chi connectivity index (χ4n) is 4.13. The van der Waals surface area contributed by atoms with Crippen molar-refractivity contribution in [2.45, 2.75) is 59.4 Å². The Balaban J connectivity index is -0.00000235. The van der Waals surface area contributed by atoms with Crippen LogP contribution in [-0.4, -0.2) is 36.9 Å². The molecule has 0 amide bonds. The smallest absolute Gasteiger partial charge is 0.165 e. The van der Waals surface area contributed by atoms with Gasteiger partial charge in [0.05, 0.1) is 6.61 Å². The lowest BCUT2D eigenvalue weighted by molar-refractivity contribution is 0.289. The van der Waals surface area contributed by atoms with Gasteiger partial charge in [0.1, 0.15) is 11.6 Å². The molecule has 0 aliphatic heterocycles. The molecule has 0 radical (unpaired) electrons. The molecule has 5 N–H and O–H groups in total. The molecule has 0 bridgehead atoms. The van der Waals surface area contributed by atoms with Gasteiger partial charge in [-0.1, -0.05) is 44.2 Å². The van der Waals surface area contributed by atoms with E-state index >= 15 is 0 Å². The highest BCUT2D eigenvalue weighted by molar-refractivity contribution is 7.36. The van der Waals surface area contributed by atoms with Crippen molar-refractivity contribution in [3.05, 3.63) is 99.9 Å². The maximum absolute atomic E-state index is 14.7. The van der Waals surface area contributed by atoms with E-state index in [0.717, 1.165) is 49.9 Å². The zero-order valence-corrected chi connectivity index (χ0v) is 24.8. The number of aryl methyl sites for hydroxylation is 2. The summed E-state index contributed by atoms with van der Waals surface area (Å²) >= 11 is 0. The number of rotatable bonds is 13. The fourth-order valence-corrected chi connectivity index (χ4v) is 4.66. The maximum atomic E-state index is 14.7. The van der Waals surface area contributed by atoms with Gasteiger partial charge >= 0.3 is 0 Å². The zero-order valence-electron chi connectivity index (χ0n) is 23.8. The number of nitrogens with one attached hydrogen (secondary N) is 1. The largest absolute Gasteiger partial charge is 0.491 e. The molecule has 0 spiro atoms. The standard InChI is InChI=1S/C29H35F3NOP.C2H6.2H2O.2H2/c1-20-7-9-23(16-21(20)2)25(26-11-10-24(30)18-27(26)31)6-4-14-34-29-12-8-22(17-28(29)32)19-33-13-5-15-35-3;1-2;;;;/h7-12,16-18,25,33,35H,4-6,13-15,19H2,1-3H3;1-2H3;2*1H2;2*1H. The minimum absolute atomic E-state index is 0. The second-order valence-corrected chi connectivity index (χ2v) is 10.2. The van der Waals surface area contributed by atoms with Gasteiger partial charge < -0.3 is 21.0 Å². The average molecular weight is 572 g/mol. The first-order valence-corrected chi connectivity index (χ1v) is 14.9. The van der Waals surface area contributed by atoms with Gasteiger partial charge in [0.2, 0.25) is 0 Å². The molecule has 39 heavy (non-hydrogen) atoms. The molecule has 8 heteroatoms. The Bertz CT molecular complexity index is 1130. The Morgan fingerprint density at radius 1 is 0.872 bits per heavy atom. The molecular weight excluding hydrogens is 522 g/mol. The van der Waals surface area contributed by atoms with Crippen molar-refractivity contribution in [3.63, 3.8) is 0 Å². The molecule has 2 atom stereocenters. The third-order valence-corrected chi connectivity index (χ3v) is 7.13. The van der Waals surface area contributed by atoms with Crippen molar-refractivity contribution in [2.24, 2.45) is 0 Å². The van der Waals surface area contributed by atoms with Crippen molar-refractivity contribution in [3.8, 4) is 5.75 Å². The quantitative estimate of drug-likeness (QED) is 0.172. The third kappa shape index (κ3) is 11.7. The molecular formula is C31H49F3NO3P. The predicted octanol–water partition coefficient (Wildman–Crippen LogP) is 7.37. The normalized spacial score (nSPS) is 11.3. The molecule has 0 aromatic heterocycles. The predicted molar refractivity (Wildman–Crippen MR) is 163 cm³/mol. The molecule has 4 nitrogen and oxygen atoms in total. The summed E-state index contributed by atoms with van der Waals surface area (Å²) in [4.78, 5) is 0. The SMILES string of the molecule is CC.CPCCCNCc1ccc(OCCCC(c2ccc(C)c(C)c2)c2ccc(F)cc2F)c(F)c1.O.O.[HH].[HH]. The molecule has 0 saturated carbocycles. The van der Waals surface area contributed by atoms with E-state index in [4.69, 9.17) is 4.74 Å². The minimum Gasteiger partial charge on any atom is -0.491 e. The van der Waals surface area contributed by atoms with Gasteiger partial charge in [-0.15, -0.1) is 8.58 Å². The number of hydrogen-bond acceptors (Lipinski definition) is 2. The summed E-state index contributed by atoms with van der Waals surface area (Å²) in [5, 5.41) is 3.34. The van der Waals surface area contributed by atoms with Crippen LogP contribution < -0.4 is 10.1 Å². The zero-order chi connectivity index (χ0) is 27.2. The molecule has 0 fully saturated rings. The van der Waals surface area contributed by atoms with Crippen LogP contribution in [0.5, 0.6) is 5.75 Å². The fraction of sp³-hybridized carbons (Fsp3) is 0.419. The molecule has 2 unspecified atom stereocenters. The van der Waals surface area contributed by atoms with Crippen molar-refractivity contribution < 1.29 is 31.7 Å². The number of hydrogen-bond donors (Lipinski definition) is 1. The second kappa shape index (κ2) is 19.6. The van der Waals surface area contributed by atoms with E-state index < -0.39 is 11.6 Å². The molecule has 0 heterocycles. The van der Waals surface area contributed by atoms with E-state index in [-0.39, 0.29) is 31.3 Å². The second-order valence-electron chi connectivity index (χ2n) is 8.95. The topological polar surface area (TPSA) is 84.3 Å². The maximum Gasteiger partial charge on any atom is 0.165 e. The first-order chi connectivity index (χ1) is 17.9. The van der Waals surface area contributed by atoms with Gasteiger partial charge in [0, 0.05) is 21.4 Å². The van der Waals surface area contributed by atoms with E-state index in [0.29, 0.717) is 31.6 Å². The molecule has 0 aliphatic rings. The summed E-state index contributed by atoms with van der Waals surface area (Å²) in [5.74, 6) is -1.56. The van der Waals surface area contributed by atoms with Crippen molar-refractivity contribution in [1.29, 1.82) is 0 Å². The Labute approximate surface area is 236 Å². The van der Waals surface area contributed by atoms with Crippen LogP contribution in [0.2, 0.25) is 0 Å². The number of benzene rings is 3. The summed E-state index contributed by atoms with van der Waals surface area (Å²) in [5.41, 5.74) is 4.59. The van der Waals surface area contributed by atoms with Crippen molar-refractivity contribution in [2.75, 3.05) is 26.0 Å². The van der Waals surface area contributed by atoms with Gasteiger partial charge in [-0.05, 0) is 98.5 Å². The third-order valence-electron chi connectivity index (χ3n) is 6.27. The molecule has 3 rings (SSSR count). The first kappa shape index (κ1) is 36.6. The van der Waals surface area contributed by atoms with Crippen LogP contribution in [0, 0.1) is 31.3 Å². The average Bonchev–Trinajstić information content (AvgIpc) is 2.88. The van der Waals surface area contributed by atoms with E-state index in [2.05, 4.69) is 18.0 Å². The Morgan fingerprint density at radius 2 is 1.62 bits per heavy atom. The lowest BCUT2D eigenvalue weighted by Gasteiger charge is -2.20. The monoisotopic (exact) mass is 571 g/mol. The van der Waals surface area contributed by atoms with E-state index in [1.165, 1.54) is 24.4 Å².